The molecule has 0 amide bonds. The lowest BCUT2D eigenvalue weighted by atomic mass is 10.1. The number of alkyl halides is 3. The molecule has 0 aliphatic carbocycles. The molecule has 0 saturated heterocycles. The summed E-state index contributed by atoms with van der Waals surface area (Å²) in [6.07, 6.45) is -2.98. The largest absolute Gasteiger partial charge is 0.417 e. The van der Waals surface area contributed by atoms with Crippen molar-refractivity contribution >= 4 is 15.9 Å². The number of halogens is 4. The topological polar surface area (TPSA) is 30.7 Å². The van der Waals surface area contributed by atoms with Crippen molar-refractivity contribution in [3.63, 3.8) is 0 Å². The average Bonchev–Trinajstić information content (AvgIpc) is 2.75. The van der Waals surface area contributed by atoms with Gasteiger partial charge in [-0.15, -0.1) is 10.2 Å². The molecule has 7 heteroatoms. The predicted molar refractivity (Wildman–Crippen MR) is 73.0 cm³/mol. The summed E-state index contributed by atoms with van der Waals surface area (Å²) in [5.41, 5.74) is -0.677. The smallest absolute Gasteiger partial charge is 0.313 e. The van der Waals surface area contributed by atoms with Crippen molar-refractivity contribution in [2.24, 2.45) is 5.92 Å². The zero-order chi connectivity index (χ0) is 14.9. The van der Waals surface area contributed by atoms with E-state index in [-0.39, 0.29) is 17.3 Å². The third-order valence-corrected chi connectivity index (χ3v) is 3.20. The van der Waals surface area contributed by atoms with E-state index in [0.29, 0.717) is 11.0 Å². The standard InChI is InChI=1S/C13H13BrF3N3/c1-8(2)6-20-7-18-19-12(20)10-4-3-9(14)5-11(10)13(15,16)17/h3-5,7-8H,6H2,1-2H3. The van der Waals surface area contributed by atoms with Crippen LogP contribution in [0.2, 0.25) is 0 Å². The zero-order valence-electron chi connectivity index (χ0n) is 10.9. The van der Waals surface area contributed by atoms with E-state index >= 15 is 0 Å². The minimum absolute atomic E-state index is 0.0406. The summed E-state index contributed by atoms with van der Waals surface area (Å²) in [6.45, 7) is 4.53. The lowest BCUT2D eigenvalue weighted by Crippen LogP contribution is -2.11. The van der Waals surface area contributed by atoms with Gasteiger partial charge < -0.3 is 4.57 Å². The highest BCUT2D eigenvalue weighted by Gasteiger charge is 2.35. The highest BCUT2D eigenvalue weighted by molar-refractivity contribution is 9.10. The Bertz CT molecular complexity index is 605. The molecule has 0 saturated carbocycles. The number of rotatable bonds is 3. The first kappa shape index (κ1) is 15.0. The minimum Gasteiger partial charge on any atom is -0.313 e. The van der Waals surface area contributed by atoms with Crippen LogP contribution in [0.4, 0.5) is 13.2 Å². The highest BCUT2D eigenvalue weighted by Crippen LogP contribution is 2.38. The van der Waals surface area contributed by atoms with Crippen LogP contribution < -0.4 is 0 Å². The molecule has 108 valence electrons. The second kappa shape index (κ2) is 5.55. The maximum atomic E-state index is 13.1. The van der Waals surface area contributed by atoms with Gasteiger partial charge in [0.25, 0.3) is 0 Å². The maximum Gasteiger partial charge on any atom is 0.417 e. The average molecular weight is 348 g/mol. The van der Waals surface area contributed by atoms with Gasteiger partial charge in [0.05, 0.1) is 5.56 Å². The van der Waals surface area contributed by atoms with Crippen LogP contribution in [0.25, 0.3) is 11.4 Å². The molecule has 0 atom stereocenters. The van der Waals surface area contributed by atoms with E-state index in [0.717, 1.165) is 6.07 Å². The fourth-order valence-electron chi connectivity index (χ4n) is 1.94. The molecule has 0 aliphatic heterocycles. The summed E-state index contributed by atoms with van der Waals surface area (Å²) >= 11 is 3.07. The van der Waals surface area contributed by atoms with E-state index in [2.05, 4.69) is 26.1 Å². The van der Waals surface area contributed by atoms with Gasteiger partial charge in [-0.05, 0) is 24.1 Å². The Morgan fingerprint density at radius 3 is 2.60 bits per heavy atom. The summed E-state index contributed by atoms with van der Waals surface area (Å²) in [6, 6.07) is 4.04. The Kier molecular flexibility index (Phi) is 4.17. The third-order valence-electron chi connectivity index (χ3n) is 2.71. The maximum absolute atomic E-state index is 13.1. The van der Waals surface area contributed by atoms with Crippen LogP contribution in [-0.4, -0.2) is 14.8 Å². The Labute approximate surface area is 123 Å². The van der Waals surface area contributed by atoms with Gasteiger partial charge in [0, 0.05) is 16.6 Å². The molecule has 1 heterocycles. The second-order valence-electron chi connectivity index (χ2n) is 4.89. The normalized spacial score (nSPS) is 12.2. The Balaban J connectivity index is 2.56. The van der Waals surface area contributed by atoms with E-state index in [1.54, 1.807) is 10.6 Å². The van der Waals surface area contributed by atoms with Crippen LogP contribution in [0.1, 0.15) is 19.4 Å². The van der Waals surface area contributed by atoms with Crippen molar-refractivity contribution < 1.29 is 13.2 Å². The molecule has 0 unspecified atom stereocenters. The molecule has 0 aliphatic rings. The van der Waals surface area contributed by atoms with Gasteiger partial charge in [-0.1, -0.05) is 29.8 Å². The van der Waals surface area contributed by atoms with E-state index in [1.165, 1.54) is 12.4 Å². The van der Waals surface area contributed by atoms with Crippen molar-refractivity contribution in [2.75, 3.05) is 0 Å². The fraction of sp³-hybridized carbons (Fsp3) is 0.385. The summed E-state index contributed by atoms with van der Waals surface area (Å²) in [4.78, 5) is 0. The number of benzene rings is 1. The fourth-order valence-corrected chi connectivity index (χ4v) is 2.30. The molecule has 0 fully saturated rings. The highest BCUT2D eigenvalue weighted by atomic mass is 79.9. The van der Waals surface area contributed by atoms with Crippen molar-refractivity contribution in [2.45, 2.75) is 26.6 Å². The monoisotopic (exact) mass is 347 g/mol. The molecule has 2 aromatic rings. The first-order valence-electron chi connectivity index (χ1n) is 6.04. The Morgan fingerprint density at radius 2 is 2.00 bits per heavy atom. The molecule has 2 rings (SSSR count). The molecule has 1 aromatic carbocycles. The number of hydrogen-bond donors (Lipinski definition) is 0. The molecule has 0 bridgehead atoms. The van der Waals surface area contributed by atoms with Gasteiger partial charge in [-0.25, -0.2) is 0 Å². The summed E-state index contributed by atoms with van der Waals surface area (Å²) in [7, 11) is 0. The van der Waals surface area contributed by atoms with Crippen molar-refractivity contribution in [1.82, 2.24) is 14.8 Å². The summed E-state index contributed by atoms with van der Waals surface area (Å²) < 4.78 is 41.4. The van der Waals surface area contributed by atoms with Crippen molar-refractivity contribution in [3.05, 3.63) is 34.6 Å². The predicted octanol–water partition coefficient (Wildman–Crippen LogP) is 4.38. The third kappa shape index (κ3) is 3.20. The Hall–Kier alpha value is -1.37. The lowest BCUT2D eigenvalue weighted by Gasteiger charge is -2.14. The van der Waals surface area contributed by atoms with Crippen LogP contribution in [0, 0.1) is 5.92 Å². The SMILES string of the molecule is CC(C)Cn1cnnc1-c1ccc(Br)cc1C(F)(F)F. The van der Waals surface area contributed by atoms with Crippen molar-refractivity contribution in [3.8, 4) is 11.4 Å². The molecular weight excluding hydrogens is 335 g/mol. The quantitative estimate of drug-likeness (QED) is 0.824. The summed E-state index contributed by atoms with van der Waals surface area (Å²) in [5.74, 6) is 0.521. The zero-order valence-corrected chi connectivity index (χ0v) is 12.5. The van der Waals surface area contributed by atoms with Gasteiger partial charge in [0.1, 0.15) is 6.33 Å². The van der Waals surface area contributed by atoms with Gasteiger partial charge in [-0.3, -0.25) is 0 Å². The van der Waals surface area contributed by atoms with Crippen molar-refractivity contribution in [1.29, 1.82) is 0 Å². The summed E-state index contributed by atoms with van der Waals surface area (Å²) in [5, 5.41) is 7.57. The molecule has 0 spiro atoms. The van der Waals surface area contributed by atoms with Crippen LogP contribution in [0.15, 0.2) is 29.0 Å². The Morgan fingerprint density at radius 1 is 1.30 bits per heavy atom. The van der Waals surface area contributed by atoms with Crippen LogP contribution in [0.5, 0.6) is 0 Å². The van der Waals surface area contributed by atoms with Gasteiger partial charge in [-0.2, -0.15) is 13.2 Å². The molecular formula is C13H13BrF3N3. The molecule has 0 radical (unpaired) electrons. The van der Waals surface area contributed by atoms with Gasteiger partial charge in [0.2, 0.25) is 0 Å². The first-order valence-corrected chi connectivity index (χ1v) is 6.83. The van der Waals surface area contributed by atoms with E-state index < -0.39 is 11.7 Å². The first-order chi connectivity index (χ1) is 9.29. The second-order valence-corrected chi connectivity index (χ2v) is 5.80. The minimum atomic E-state index is -4.44. The number of nitrogens with zero attached hydrogens (tertiary/aromatic N) is 3. The van der Waals surface area contributed by atoms with Gasteiger partial charge in [0.15, 0.2) is 5.82 Å². The van der Waals surface area contributed by atoms with Gasteiger partial charge >= 0.3 is 6.18 Å². The van der Waals surface area contributed by atoms with Crippen LogP contribution in [0.3, 0.4) is 0 Å². The van der Waals surface area contributed by atoms with Crippen LogP contribution >= 0.6 is 15.9 Å². The van der Waals surface area contributed by atoms with Crippen LogP contribution in [-0.2, 0) is 12.7 Å². The lowest BCUT2D eigenvalue weighted by molar-refractivity contribution is -0.137. The molecule has 3 nitrogen and oxygen atoms in total. The molecule has 20 heavy (non-hydrogen) atoms. The van der Waals surface area contributed by atoms with E-state index in [4.69, 9.17) is 0 Å². The number of aromatic nitrogens is 3. The molecule has 0 N–H and O–H groups in total. The van der Waals surface area contributed by atoms with E-state index in [9.17, 15) is 13.2 Å². The molecule has 1 aromatic heterocycles. The number of hydrogen-bond acceptors (Lipinski definition) is 2. The van der Waals surface area contributed by atoms with E-state index in [1.807, 2.05) is 13.8 Å².